The highest BCUT2D eigenvalue weighted by Crippen LogP contribution is 2.35. The number of piperidine rings is 1. The smallest absolute Gasteiger partial charge is 0.356 e. The zero-order chi connectivity index (χ0) is 21.5. The number of alkyl halides is 3. The van der Waals surface area contributed by atoms with E-state index in [-0.39, 0.29) is 11.5 Å². The lowest BCUT2D eigenvalue weighted by Gasteiger charge is -2.32. The summed E-state index contributed by atoms with van der Waals surface area (Å²) in [6.45, 7) is 4.85. The third-order valence-electron chi connectivity index (χ3n) is 5.32. The van der Waals surface area contributed by atoms with Crippen LogP contribution >= 0.6 is 11.3 Å². The van der Waals surface area contributed by atoms with Gasteiger partial charge in [0, 0.05) is 47.4 Å². The molecule has 0 radical (unpaired) electrons. The molecule has 1 saturated heterocycles. The molecule has 30 heavy (non-hydrogen) atoms. The Bertz CT molecular complexity index is 1110. The molecule has 1 aliphatic heterocycles. The molecule has 3 aromatic rings. The van der Waals surface area contributed by atoms with E-state index in [1.54, 1.807) is 20.0 Å². The van der Waals surface area contributed by atoms with Gasteiger partial charge in [-0.2, -0.15) is 13.2 Å². The summed E-state index contributed by atoms with van der Waals surface area (Å²) in [5, 5.41) is 1.60. The lowest BCUT2D eigenvalue weighted by atomic mass is 9.98. The van der Waals surface area contributed by atoms with Gasteiger partial charge in [0.15, 0.2) is 5.69 Å². The van der Waals surface area contributed by atoms with Crippen LogP contribution in [0, 0.1) is 13.8 Å². The summed E-state index contributed by atoms with van der Waals surface area (Å²) in [6.07, 6.45) is -1.12. The third-order valence-corrected chi connectivity index (χ3v) is 6.33. The standard InChI is InChI=1S/C20H20F3N5OS/c1-11-12(2)25-17(27-18(11)29)13-5-6-16(24-8-13)28-7-3-4-14(9-28)19-26-15(10-30-19)20(21,22)23/h5-6,8,10,14H,3-4,7,9H2,1-2H3,(H,25,27,29). The minimum atomic E-state index is -4.41. The average molecular weight is 435 g/mol. The van der Waals surface area contributed by atoms with Crippen LogP contribution in [0.4, 0.5) is 19.0 Å². The number of aromatic nitrogens is 4. The quantitative estimate of drug-likeness (QED) is 0.664. The number of aryl methyl sites for hydroxylation is 1. The van der Waals surface area contributed by atoms with Gasteiger partial charge >= 0.3 is 6.18 Å². The van der Waals surface area contributed by atoms with Crippen LogP contribution in [0.5, 0.6) is 0 Å². The lowest BCUT2D eigenvalue weighted by Crippen LogP contribution is -2.34. The summed E-state index contributed by atoms with van der Waals surface area (Å²) in [5.41, 5.74) is 0.943. The maximum Gasteiger partial charge on any atom is 0.434 e. The van der Waals surface area contributed by atoms with Crippen molar-refractivity contribution in [3.8, 4) is 11.4 Å². The molecule has 4 heterocycles. The molecule has 0 spiro atoms. The van der Waals surface area contributed by atoms with Crippen molar-refractivity contribution in [2.45, 2.75) is 38.8 Å². The van der Waals surface area contributed by atoms with E-state index in [9.17, 15) is 18.0 Å². The Balaban J connectivity index is 1.52. The molecule has 6 nitrogen and oxygen atoms in total. The summed E-state index contributed by atoms with van der Waals surface area (Å²) in [7, 11) is 0. The molecule has 1 atom stereocenters. The summed E-state index contributed by atoms with van der Waals surface area (Å²) >= 11 is 1.06. The number of hydrogen-bond donors (Lipinski definition) is 1. The lowest BCUT2D eigenvalue weighted by molar-refractivity contribution is -0.140. The molecule has 1 aliphatic rings. The second-order valence-corrected chi connectivity index (χ2v) is 8.27. The van der Waals surface area contributed by atoms with E-state index in [2.05, 4.69) is 24.8 Å². The molecule has 10 heteroatoms. The maximum absolute atomic E-state index is 12.9. The first-order valence-corrected chi connectivity index (χ1v) is 10.4. The first-order chi connectivity index (χ1) is 14.2. The molecule has 1 unspecified atom stereocenters. The molecule has 158 valence electrons. The fraction of sp³-hybridized carbons (Fsp3) is 0.400. The fourth-order valence-corrected chi connectivity index (χ4v) is 4.44. The highest BCUT2D eigenvalue weighted by molar-refractivity contribution is 7.09. The van der Waals surface area contributed by atoms with Crippen molar-refractivity contribution < 1.29 is 13.2 Å². The highest BCUT2D eigenvalue weighted by Gasteiger charge is 2.35. The van der Waals surface area contributed by atoms with Gasteiger partial charge in [-0.25, -0.2) is 15.0 Å². The number of nitrogens with one attached hydrogen (secondary N) is 1. The van der Waals surface area contributed by atoms with Crippen LogP contribution < -0.4 is 10.5 Å². The van der Waals surface area contributed by atoms with Crippen molar-refractivity contribution >= 4 is 17.2 Å². The number of pyridine rings is 1. The van der Waals surface area contributed by atoms with Gasteiger partial charge in [-0.05, 0) is 38.8 Å². The van der Waals surface area contributed by atoms with Gasteiger partial charge < -0.3 is 9.88 Å². The average Bonchev–Trinajstić information content (AvgIpc) is 3.23. The molecule has 0 amide bonds. The topological polar surface area (TPSA) is 74.8 Å². The monoisotopic (exact) mass is 435 g/mol. The molecular formula is C20H20F3N5OS. The first-order valence-electron chi connectivity index (χ1n) is 9.54. The molecule has 1 fully saturated rings. The second kappa shape index (κ2) is 7.82. The van der Waals surface area contributed by atoms with Gasteiger partial charge in [-0.15, -0.1) is 11.3 Å². The fourth-order valence-electron chi connectivity index (χ4n) is 3.49. The Morgan fingerprint density at radius 1 is 1.23 bits per heavy atom. The van der Waals surface area contributed by atoms with Crippen molar-refractivity contribution in [1.29, 1.82) is 0 Å². The number of anilines is 1. The van der Waals surface area contributed by atoms with E-state index in [4.69, 9.17) is 0 Å². The van der Waals surface area contributed by atoms with E-state index >= 15 is 0 Å². The van der Waals surface area contributed by atoms with Crippen molar-refractivity contribution in [1.82, 2.24) is 19.9 Å². The van der Waals surface area contributed by atoms with Crippen molar-refractivity contribution in [2.24, 2.45) is 0 Å². The van der Waals surface area contributed by atoms with E-state index in [1.165, 1.54) is 0 Å². The Hall–Kier alpha value is -2.75. The Kier molecular flexibility index (Phi) is 5.35. The summed E-state index contributed by atoms with van der Waals surface area (Å²) in [6, 6.07) is 3.68. The van der Waals surface area contributed by atoms with Crippen LogP contribution in [-0.4, -0.2) is 33.0 Å². The Morgan fingerprint density at radius 2 is 2.03 bits per heavy atom. The molecule has 3 aromatic heterocycles. The number of halogens is 3. The molecular weight excluding hydrogens is 415 g/mol. The van der Waals surface area contributed by atoms with E-state index in [1.807, 2.05) is 12.1 Å². The molecule has 0 aliphatic carbocycles. The van der Waals surface area contributed by atoms with Crippen molar-refractivity contribution in [3.05, 3.63) is 56.0 Å². The maximum atomic E-state index is 12.9. The van der Waals surface area contributed by atoms with Gasteiger partial charge in [-0.3, -0.25) is 4.79 Å². The van der Waals surface area contributed by atoms with Gasteiger partial charge in [0.2, 0.25) is 0 Å². The van der Waals surface area contributed by atoms with Crippen LogP contribution in [0.15, 0.2) is 28.5 Å². The van der Waals surface area contributed by atoms with E-state index < -0.39 is 11.9 Å². The highest BCUT2D eigenvalue weighted by atomic mass is 32.1. The Labute approximate surface area is 174 Å². The van der Waals surface area contributed by atoms with Gasteiger partial charge in [0.25, 0.3) is 5.56 Å². The Morgan fingerprint density at radius 3 is 2.67 bits per heavy atom. The van der Waals surface area contributed by atoms with Gasteiger partial charge in [0.1, 0.15) is 11.6 Å². The number of H-pyrrole nitrogens is 1. The van der Waals surface area contributed by atoms with Crippen LogP contribution in [0.2, 0.25) is 0 Å². The number of thiazole rings is 1. The third kappa shape index (κ3) is 4.09. The number of rotatable bonds is 3. The summed E-state index contributed by atoms with van der Waals surface area (Å²) in [5.74, 6) is 1.14. The first kappa shape index (κ1) is 20.5. The molecule has 4 rings (SSSR count). The largest absolute Gasteiger partial charge is 0.434 e. The molecule has 0 bridgehead atoms. The molecule has 0 aromatic carbocycles. The normalized spacial score (nSPS) is 17.4. The zero-order valence-corrected chi connectivity index (χ0v) is 17.3. The van der Waals surface area contributed by atoms with Gasteiger partial charge in [0.05, 0.1) is 5.01 Å². The van der Waals surface area contributed by atoms with Crippen LogP contribution in [-0.2, 0) is 6.18 Å². The van der Waals surface area contributed by atoms with Crippen LogP contribution in [0.25, 0.3) is 11.4 Å². The van der Waals surface area contributed by atoms with Gasteiger partial charge in [-0.1, -0.05) is 0 Å². The minimum absolute atomic E-state index is 0.0564. The predicted octanol–water partition coefficient (Wildman–Crippen LogP) is 4.31. The zero-order valence-electron chi connectivity index (χ0n) is 16.5. The number of nitrogens with zero attached hydrogens (tertiary/aromatic N) is 4. The minimum Gasteiger partial charge on any atom is -0.356 e. The second-order valence-electron chi connectivity index (χ2n) is 7.38. The van der Waals surface area contributed by atoms with Crippen LogP contribution in [0.3, 0.4) is 0 Å². The summed E-state index contributed by atoms with van der Waals surface area (Å²) in [4.78, 5) is 29.5. The van der Waals surface area contributed by atoms with Crippen LogP contribution in [0.1, 0.15) is 40.7 Å². The predicted molar refractivity (Wildman–Crippen MR) is 109 cm³/mol. The number of hydrogen-bond acceptors (Lipinski definition) is 6. The SMILES string of the molecule is Cc1nc(-c2ccc(N3CCCC(c4nc(C(F)(F)F)cs4)C3)nc2)[nH]c(=O)c1C. The molecule has 1 N–H and O–H groups in total. The number of aromatic amines is 1. The van der Waals surface area contributed by atoms with E-state index in [0.29, 0.717) is 34.2 Å². The van der Waals surface area contributed by atoms with E-state index in [0.717, 1.165) is 41.9 Å². The van der Waals surface area contributed by atoms with Crippen molar-refractivity contribution in [2.75, 3.05) is 18.0 Å². The van der Waals surface area contributed by atoms with Crippen molar-refractivity contribution in [3.63, 3.8) is 0 Å². The summed E-state index contributed by atoms with van der Waals surface area (Å²) < 4.78 is 38.6. The molecule has 0 saturated carbocycles.